The van der Waals surface area contributed by atoms with Crippen LogP contribution in [-0.2, 0) is 5.41 Å². The highest BCUT2D eigenvalue weighted by Gasteiger charge is 2.82. The van der Waals surface area contributed by atoms with Gasteiger partial charge in [0.1, 0.15) is 5.82 Å². The summed E-state index contributed by atoms with van der Waals surface area (Å²) in [6, 6.07) is 17.0. The van der Waals surface area contributed by atoms with E-state index in [0.29, 0.717) is 5.41 Å². The molecule has 2 unspecified atom stereocenters. The zero-order valence-electron chi connectivity index (χ0n) is 19.8. The summed E-state index contributed by atoms with van der Waals surface area (Å²) in [7, 11) is 0. The van der Waals surface area contributed by atoms with E-state index in [2.05, 4.69) is 51.3 Å². The fourth-order valence-corrected chi connectivity index (χ4v) is 9.23. The maximum Gasteiger partial charge on any atom is 0.141 e. The number of hydrogen-bond acceptors (Lipinski definition) is 4. The fourth-order valence-electron chi connectivity index (χ4n) is 9.23. The molecule has 2 atom stereocenters. The Morgan fingerprint density at radius 3 is 2.31 bits per heavy atom. The molecule has 36 heavy (non-hydrogen) atoms. The summed E-state index contributed by atoms with van der Waals surface area (Å²) in [5.74, 6) is 2.69. The third-order valence-corrected chi connectivity index (χ3v) is 10.5. The molecule has 174 valence electrons. The number of aromatic amines is 2. The second-order valence-corrected chi connectivity index (χ2v) is 11.6. The largest absolute Gasteiger partial charge is 0.357 e. The lowest BCUT2D eigenvalue weighted by molar-refractivity contribution is -0.191. The molecule has 2 bridgehead atoms. The maximum atomic E-state index is 5.32. The van der Waals surface area contributed by atoms with Crippen molar-refractivity contribution in [3.63, 3.8) is 0 Å². The average molecular weight is 469 g/mol. The summed E-state index contributed by atoms with van der Waals surface area (Å²) in [6.07, 6.45) is 6.31. The molecule has 6 heteroatoms. The molecule has 0 amide bonds. The molecule has 2 aliphatic heterocycles. The number of pyridine rings is 2. The quantitative estimate of drug-likeness (QED) is 0.334. The molecule has 6 aromatic rings. The maximum absolute atomic E-state index is 5.32. The molecule has 6 heterocycles. The van der Waals surface area contributed by atoms with Crippen molar-refractivity contribution in [3.8, 4) is 11.4 Å². The van der Waals surface area contributed by atoms with E-state index in [4.69, 9.17) is 15.0 Å². The predicted molar refractivity (Wildman–Crippen MR) is 141 cm³/mol. The molecule has 1 spiro atoms. The molecular weight excluding hydrogens is 444 g/mol. The van der Waals surface area contributed by atoms with Crippen LogP contribution in [0.5, 0.6) is 0 Å². The third-order valence-electron chi connectivity index (χ3n) is 10.5. The number of imidazole rings is 1. The predicted octanol–water partition coefficient (Wildman–Crippen LogP) is 5.40. The van der Waals surface area contributed by atoms with E-state index in [1.54, 1.807) is 0 Å². The van der Waals surface area contributed by atoms with Gasteiger partial charge in [-0.05, 0) is 55.0 Å². The van der Waals surface area contributed by atoms with Gasteiger partial charge in [-0.2, -0.15) is 0 Å². The van der Waals surface area contributed by atoms with Crippen molar-refractivity contribution >= 4 is 43.7 Å². The van der Waals surface area contributed by atoms with E-state index in [9.17, 15) is 0 Å². The van der Waals surface area contributed by atoms with E-state index in [1.807, 2.05) is 24.5 Å². The monoisotopic (exact) mass is 468 g/mol. The highest BCUT2D eigenvalue weighted by molar-refractivity contribution is 6.21. The van der Waals surface area contributed by atoms with Gasteiger partial charge in [0.15, 0.2) is 0 Å². The minimum absolute atomic E-state index is 0.258. The van der Waals surface area contributed by atoms with Crippen molar-refractivity contribution in [2.24, 2.45) is 17.3 Å². The molecule has 0 radical (unpaired) electrons. The van der Waals surface area contributed by atoms with Crippen molar-refractivity contribution in [2.45, 2.75) is 18.3 Å². The minimum Gasteiger partial charge on any atom is -0.357 e. The van der Waals surface area contributed by atoms with Gasteiger partial charge in [0.25, 0.3) is 0 Å². The first-order chi connectivity index (χ1) is 17.8. The number of nitrogens with one attached hydrogen (secondary N) is 2. The Balaban J connectivity index is 1.30. The number of rotatable bonds is 2. The normalized spacial score (nSPS) is 31.8. The van der Waals surface area contributed by atoms with Gasteiger partial charge in [0, 0.05) is 75.8 Å². The molecule has 4 aliphatic rings. The van der Waals surface area contributed by atoms with E-state index < -0.39 is 0 Å². The smallest absolute Gasteiger partial charge is 0.141 e. The number of fused-ring (bicyclic) bond motifs is 8. The van der Waals surface area contributed by atoms with Crippen molar-refractivity contribution in [1.82, 2.24) is 29.8 Å². The summed E-state index contributed by atoms with van der Waals surface area (Å²) in [4.78, 5) is 25.2. The second-order valence-electron chi connectivity index (χ2n) is 11.6. The molecule has 6 nitrogen and oxygen atoms in total. The fraction of sp³-hybridized carbons (Fsp3) is 0.300. The van der Waals surface area contributed by atoms with E-state index in [0.717, 1.165) is 50.5 Å². The first kappa shape index (κ1) is 18.5. The Morgan fingerprint density at radius 1 is 0.778 bits per heavy atom. The van der Waals surface area contributed by atoms with Gasteiger partial charge in [-0.15, -0.1) is 0 Å². The molecule has 2 saturated heterocycles. The molecule has 2 aliphatic carbocycles. The molecular formula is C30H24N6. The summed E-state index contributed by atoms with van der Waals surface area (Å²) >= 11 is 0. The van der Waals surface area contributed by atoms with Crippen molar-refractivity contribution in [3.05, 3.63) is 66.6 Å². The number of aromatic nitrogens is 5. The average Bonchev–Trinajstić information content (AvgIpc) is 3.66. The lowest BCUT2D eigenvalue weighted by Gasteiger charge is -2.73. The standard InChI is InChI=1S/C30H24N6/c1-2-8-21-18(5-1)22(27(33-21)29-11-16-13-36-14-17(12-29)30(16,29)15-36)28-34-25-19-6-3-9-31-23(19)24-20(26(25)35-28)7-4-10-32-24/h1-10,16-17,33H,11-15H2,(H,34,35). The number of benzene rings is 2. The SMILES string of the molecule is c1ccc2c(-c3nc4c5cccnc5c5ncccc5c4[nH]3)c(C34CC5CN6CC(C3)C54C6)[nH]c2c1. The van der Waals surface area contributed by atoms with Gasteiger partial charge in [-0.3, -0.25) is 9.97 Å². The van der Waals surface area contributed by atoms with E-state index in [1.165, 1.54) is 54.6 Å². The Kier molecular flexibility index (Phi) is 2.97. The van der Waals surface area contributed by atoms with Crippen LogP contribution in [0.4, 0.5) is 0 Å². The van der Waals surface area contributed by atoms with Crippen LogP contribution in [0.25, 0.3) is 55.1 Å². The Labute approximate surface area is 206 Å². The lowest BCUT2D eigenvalue weighted by atomic mass is 9.29. The summed E-state index contributed by atoms with van der Waals surface area (Å²) < 4.78 is 0. The van der Waals surface area contributed by atoms with Crippen LogP contribution in [0.1, 0.15) is 18.5 Å². The number of piperidine rings is 1. The van der Waals surface area contributed by atoms with Crippen LogP contribution in [0.2, 0.25) is 0 Å². The third kappa shape index (κ3) is 1.82. The highest BCUT2D eigenvalue weighted by Crippen LogP contribution is 2.81. The highest BCUT2D eigenvalue weighted by atomic mass is 15.3. The zero-order valence-corrected chi connectivity index (χ0v) is 19.8. The molecule has 10 rings (SSSR count). The van der Waals surface area contributed by atoms with Crippen LogP contribution in [0.3, 0.4) is 0 Å². The Bertz CT molecular complexity index is 1840. The van der Waals surface area contributed by atoms with Crippen molar-refractivity contribution < 1.29 is 0 Å². The molecule has 4 aromatic heterocycles. The van der Waals surface area contributed by atoms with Crippen LogP contribution in [0.15, 0.2) is 60.9 Å². The molecule has 2 N–H and O–H groups in total. The van der Waals surface area contributed by atoms with E-state index in [-0.39, 0.29) is 5.41 Å². The summed E-state index contributed by atoms with van der Waals surface area (Å²) in [5, 5.41) is 3.39. The summed E-state index contributed by atoms with van der Waals surface area (Å²) in [5.41, 5.74) is 8.50. The number of para-hydroxylation sites is 1. The van der Waals surface area contributed by atoms with Gasteiger partial charge in [-0.25, -0.2) is 4.98 Å². The van der Waals surface area contributed by atoms with Gasteiger partial charge in [0.05, 0.1) is 22.1 Å². The Morgan fingerprint density at radius 2 is 1.50 bits per heavy atom. The number of H-pyrrole nitrogens is 2. The van der Waals surface area contributed by atoms with E-state index >= 15 is 0 Å². The molecule has 4 fully saturated rings. The summed E-state index contributed by atoms with van der Waals surface area (Å²) in [6.45, 7) is 3.89. The Hall–Kier alpha value is -3.77. The topological polar surface area (TPSA) is 73.5 Å². The van der Waals surface area contributed by atoms with Gasteiger partial charge >= 0.3 is 0 Å². The van der Waals surface area contributed by atoms with Gasteiger partial charge in [0.2, 0.25) is 0 Å². The molecule has 2 aromatic carbocycles. The van der Waals surface area contributed by atoms with Crippen LogP contribution >= 0.6 is 0 Å². The van der Waals surface area contributed by atoms with Gasteiger partial charge < -0.3 is 14.9 Å². The second kappa shape index (κ2) is 5.79. The lowest BCUT2D eigenvalue weighted by Crippen LogP contribution is -2.73. The first-order valence-electron chi connectivity index (χ1n) is 13.1. The van der Waals surface area contributed by atoms with Crippen LogP contribution in [-0.4, -0.2) is 49.5 Å². The number of hydrogen-bond donors (Lipinski definition) is 2. The minimum atomic E-state index is 0.258. The zero-order chi connectivity index (χ0) is 23.2. The first-order valence-corrected chi connectivity index (χ1v) is 13.1. The van der Waals surface area contributed by atoms with Gasteiger partial charge in [-0.1, -0.05) is 18.2 Å². The van der Waals surface area contributed by atoms with Crippen LogP contribution < -0.4 is 0 Å². The van der Waals surface area contributed by atoms with Crippen molar-refractivity contribution in [1.29, 1.82) is 0 Å². The number of nitrogens with zero attached hydrogens (tertiary/aromatic N) is 4. The molecule has 2 saturated carbocycles. The van der Waals surface area contributed by atoms with Crippen molar-refractivity contribution in [2.75, 3.05) is 19.6 Å². The van der Waals surface area contributed by atoms with Crippen LogP contribution in [0, 0.1) is 17.3 Å².